The van der Waals surface area contributed by atoms with Crippen molar-refractivity contribution >= 4 is 29.1 Å². The summed E-state index contributed by atoms with van der Waals surface area (Å²) < 4.78 is 41.8. The predicted molar refractivity (Wildman–Crippen MR) is 145 cm³/mol. The van der Waals surface area contributed by atoms with Crippen LogP contribution < -0.4 is 16.4 Å². The van der Waals surface area contributed by atoms with Crippen LogP contribution in [0.5, 0.6) is 0 Å². The largest absolute Gasteiger partial charge is 0.416 e. The van der Waals surface area contributed by atoms with E-state index in [9.17, 15) is 22.8 Å². The fourth-order valence-corrected chi connectivity index (χ4v) is 4.41. The molecule has 1 unspecified atom stereocenters. The summed E-state index contributed by atoms with van der Waals surface area (Å²) in [5.74, 6) is -0.825. The molecule has 0 aliphatic carbocycles. The zero-order valence-electron chi connectivity index (χ0n) is 21.8. The van der Waals surface area contributed by atoms with Gasteiger partial charge < -0.3 is 21.3 Å². The van der Waals surface area contributed by atoms with E-state index in [1.54, 1.807) is 42.9 Å². The second-order valence-electron chi connectivity index (χ2n) is 9.53. The van der Waals surface area contributed by atoms with Gasteiger partial charge in [0.15, 0.2) is 0 Å². The molecule has 1 aliphatic rings. The number of hydrogen-bond donors (Lipinski definition) is 3. The van der Waals surface area contributed by atoms with E-state index in [0.717, 1.165) is 11.6 Å². The fraction of sp³-hybridized carbons (Fsp3) is 0.214. The van der Waals surface area contributed by atoms with Crippen molar-refractivity contribution in [3.05, 3.63) is 89.6 Å². The molecule has 2 aromatic carbocycles. The maximum absolute atomic E-state index is 13.9. The molecule has 1 atom stereocenters. The molecule has 0 radical (unpaired) electrons. The quantitative estimate of drug-likeness (QED) is 0.303. The van der Waals surface area contributed by atoms with E-state index in [4.69, 9.17) is 5.73 Å². The molecule has 0 bridgehead atoms. The highest BCUT2D eigenvalue weighted by atomic mass is 19.4. The van der Waals surface area contributed by atoms with Gasteiger partial charge in [-0.05, 0) is 54.8 Å². The molecule has 1 aliphatic heterocycles. The standard InChI is InChI=1S/C28H25F3N8O2/c1-16-2-5-20(11-24(16)38-27-35-8-6-23(37-27)19-12-33-15-34-13-19)36-25(40)17-3-4-18(21(10-17)28(29,30)31)14-39-9-7-22(32)26(39)41/h2-6,8,10-13,15,22H,7,9,14,32H2,1H3,(H,36,40)(H,35,37,38). The van der Waals surface area contributed by atoms with Gasteiger partial charge in [0.25, 0.3) is 5.91 Å². The highest BCUT2D eigenvalue weighted by Crippen LogP contribution is 2.34. The first-order valence-electron chi connectivity index (χ1n) is 12.6. The van der Waals surface area contributed by atoms with Crippen LogP contribution in [0.1, 0.15) is 33.5 Å². The number of rotatable bonds is 7. The average molecular weight is 563 g/mol. The molecule has 1 fully saturated rings. The van der Waals surface area contributed by atoms with Crippen molar-refractivity contribution in [3.8, 4) is 11.3 Å². The smallest absolute Gasteiger partial charge is 0.337 e. The molecule has 1 saturated heterocycles. The van der Waals surface area contributed by atoms with E-state index in [1.165, 1.54) is 23.4 Å². The molecule has 13 heteroatoms. The van der Waals surface area contributed by atoms with Crippen LogP contribution in [0.3, 0.4) is 0 Å². The number of nitrogens with one attached hydrogen (secondary N) is 2. The van der Waals surface area contributed by atoms with Gasteiger partial charge in [0, 0.05) is 54.2 Å². The second-order valence-corrected chi connectivity index (χ2v) is 9.53. The first kappa shape index (κ1) is 27.6. The highest BCUT2D eigenvalue weighted by Gasteiger charge is 2.36. The van der Waals surface area contributed by atoms with Crippen LogP contribution in [0.4, 0.5) is 30.5 Å². The Morgan fingerprint density at radius 1 is 1.12 bits per heavy atom. The number of amides is 2. The Balaban J connectivity index is 1.34. The third-order valence-electron chi connectivity index (χ3n) is 6.63. The molecule has 0 spiro atoms. The van der Waals surface area contributed by atoms with Crippen molar-refractivity contribution in [3.63, 3.8) is 0 Å². The van der Waals surface area contributed by atoms with Crippen LogP contribution in [-0.2, 0) is 17.5 Å². The highest BCUT2D eigenvalue weighted by molar-refractivity contribution is 6.04. The summed E-state index contributed by atoms with van der Waals surface area (Å²) in [5.41, 5.74) is 7.49. The number of hydrogen-bond acceptors (Lipinski definition) is 8. The number of aromatic nitrogens is 4. The lowest BCUT2D eigenvalue weighted by Gasteiger charge is -2.20. The Bertz CT molecular complexity index is 1600. The number of alkyl halides is 3. The second kappa shape index (κ2) is 11.3. The maximum Gasteiger partial charge on any atom is 0.416 e. The zero-order chi connectivity index (χ0) is 29.1. The van der Waals surface area contributed by atoms with E-state index < -0.39 is 29.6 Å². The molecule has 2 amide bonds. The first-order chi connectivity index (χ1) is 19.6. The fourth-order valence-electron chi connectivity index (χ4n) is 4.41. The summed E-state index contributed by atoms with van der Waals surface area (Å²) >= 11 is 0. The lowest BCUT2D eigenvalue weighted by Crippen LogP contribution is -2.34. The number of likely N-dealkylation sites (tertiary alicyclic amines) is 1. The normalized spacial score (nSPS) is 15.2. The van der Waals surface area contributed by atoms with E-state index in [-0.39, 0.29) is 24.2 Å². The minimum Gasteiger partial charge on any atom is -0.337 e. The summed E-state index contributed by atoms with van der Waals surface area (Å²) in [4.78, 5) is 43.1. The van der Waals surface area contributed by atoms with Gasteiger partial charge in [0.05, 0.1) is 17.3 Å². The van der Waals surface area contributed by atoms with Crippen molar-refractivity contribution in [2.24, 2.45) is 5.73 Å². The van der Waals surface area contributed by atoms with Crippen molar-refractivity contribution < 1.29 is 22.8 Å². The van der Waals surface area contributed by atoms with Gasteiger partial charge in [-0.2, -0.15) is 13.2 Å². The third kappa shape index (κ3) is 6.30. The van der Waals surface area contributed by atoms with Gasteiger partial charge in [-0.3, -0.25) is 9.59 Å². The SMILES string of the molecule is Cc1ccc(NC(=O)c2ccc(CN3CCC(N)C3=O)c(C(F)(F)F)c2)cc1Nc1nccc(-c2cncnc2)n1. The molecule has 10 nitrogen and oxygen atoms in total. The van der Waals surface area contributed by atoms with Crippen LogP contribution in [0.2, 0.25) is 0 Å². The molecule has 2 aromatic heterocycles. The number of halogens is 3. The molecular formula is C28H25F3N8O2. The van der Waals surface area contributed by atoms with Gasteiger partial charge in [0.1, 0.15) is 6.33 Å². The Hall–Kier alpha value is -4.91. The Morgan fingerprint density at radius 2 is 1.90 bits per heavy atom. The van der Waals surface area contributed by atoms with Crippen LogP contribution >= 0.6 is 0 Å². The molecule has 3 heterocycles. The lowest BCUT2D eigenvalue weighted by atomic mass is 10.0. The number of aryl methyl sites for hydroxylation is 1. The molecule has 4 N–H and O–H groups in total. The number of benzene rings is 2. The molecule has 0 saturated carbocycles. The topological polar surface area (TPSA) is 139 Å². The summed E-state index contributed by atoms with van der Waals surface area (Å²) in [5, 5.41) is 5.76. The Labute approximate surface area is 232 Å². The van der Waals surface area contributed by atoms with Crippen molar-refractivity contribution in [1.82, 2.24) is 24.8 Å². The van der Waals surface area contributed by atoms with Gasteiger partial charge in [0.2, 0.25) is 11.9 Å². The van der Waals surface area contributed by atoms with Crippen molar-refractivity contribution in [2.75, 3.05) is 17.2 Å². The predicted octanol–water partition coefficient (Wildman–Crippen LogP) is 4.32. The third-order valence-corrected chi connectivity index (χ3v) is 6.63. The van der Waals surface area contributed by atoms with Crippen LogP contribution in [-0.4, -0.2) is 49.2 Å². The summed E-state index contributed by atoms with van der Waals surface area (Å²) in [6.45, 7) is 1.88. The molecule has 210 valence electrons. The molecule has 5 rings (SSSR count). The van der Waals surface area contributed by atoms with Crippen LogP contribution in [0.15, 0.2) is 67.4 Å². The Kier molecular flexibility index (Phi) is 7.62. The number of nitrogens with two attached hydrogens (primary N) is 1. The van der Waals surface area contributed by atoms with E-state index in [0.29, 0.717) is 35.0 Å². The van der Waals surface area contributed by atoms with Gasteiger partial charge in [-0.15, -0.1) is 0 Å². The van der Waals surface area contributed by atoms with Crippen LogP contribution in [0, 0.1) is 6.92 Å². The van der Waals surface area contributed by atoms with Crippen molar-refractivity contribution in [2.45, 2.75) is 32.1 Å². The van der Waals surface area contributed by atoms with E-state index in [2.05, 4.69) is 30.6 Å². The zero-order valence-corrected chi connectivity index (χ0v) is 21.8. The van der Waals surface area contributed by atoms with Gasteiger partial charge in [-0.25, -0.2) is 19.9 Å². The summed E-state index contributed by atoms with van der Waals surface area (Å²) in [7, 11) is 0. The Morgan fingerprint density at radius 3 is 2.61 bits per heavy atom. The van der Waals surface area contributed by atoms with E-state index >= 15 is 0 Å². The lowest BCUT2D eigenvalue weighted by molar-refractivity contribution is -0.139. The first-order valence-corrected chi connectivity index (χ1v) is 12.6. The molecule has 41 heavy (non-hydrogen) atoms. The van der Waals surface area contributed by atoms with Crippen molar-refractivity contribution in [1.29, 1.82) is 0 Å². The maximum atomic E-state index is 13.9. The molecular weight excluding hydrogens is 537 g/mol. The number of anilines is 3. The average Bonchev–Trinajstić information content (AvgIpc) is 3.27. The summed E-state index contributed by atoms with van der Waals surface area (Å²) in [6.07, 6.45) is 1.90. The van der Waals surface area contributed by atoms with Gasteiger partial charge in [-0.1, -0.05) is 12.1 Å². The van der Waals surface area contributed by atoms with Crippen LogP contribution in [0.25, 0.3) is 11.3 Å². The minimum atomic E-state index is -4.72. The van der Waals surface area contributed by atoms with Gasteiger partial charge >= 0.3 is 6.18 Å². The number of nitrogens with zero attached hydrogens (tertiary/aromatic N) is 5. The number of carbonyl (C=O) groups is 2. The molecule has 4 aromatic rings. The van der Waals surface area contributed by atoms with E-state index in [1.807, 2.05) is 6.92 Å². The monoisotopic (exact) mass is 562 g/mol. The number of carbonyl (C=O) groups excluding carboxylic acids is 2. The summed E-state index contributed by atoms with van der Waals surface area (Å²) in [6, 6.07) is 9.34. The minimum absolute atomic E-state index is 0.109.